The third-order valence-electron chi connectivity index (χ3n) is 3.08. The molecule has 1 aliphatic heterocycles. The molecular formula is C13H24N2O2. The van der Waals surface area contributed by atoms with E-state index in [1.807, 2.05) is 4.90 Å². The molecule has 1 rings (SSSR count). The van der Waals surface area contributed by atoms with E-state index in [1.165, 1.54) is 5.57 Å². The van der Waals surface area contributed by atoms with Gasteiger partial charge in [0.2, 0.25) is 5.91 Å². The second kappa shape index (κ2) is 7.45. The van der Waals surface area contributed by atoms with Gasteiger partial charge in [0.1, 0.15) is 0 Å². The van der Waals surface area contributed by atoms with Crippen molar-refractivity contribution in [3.63, 3.8) is 0 Å². The molecule has 0 saturated carbocycles. The van der Waals surface area contributed by atoms with Gasteiger partial charge < -0.3 is 15.4 Å². The lowest BCUT2D eigenvalue weighted by atomic mass is 10.1. The van der Waals surface area contributed by atoms with E-state index in [4.69, 9.17) is 10.5 Å². The summed E-state index contributed by atoms with van der Waals surface area (Å²) in [6.07, 6.45) is 5.44. The summed E-state index contributed by atoms with van der Waals surface area (Å²) < 4.78 is 5.08. The molecule has 0 aromatic carbocycles. The molecule has 4 heteroatoms. The number of hydrogen-bond acceptors (Lipinski definition) is 3. The molecule has 0 spiro atoms. The largest absolute Gasteiger partial charge is 0.380 e. The summed E-state index contributed by atoms with van der Waals surface area (Å²) >= 11 is 0. The maximum atomic E-state index is 11.9. The van der Waals surface area contributed by atoms with Gasteiger partial charge in [-0.1, -0.05) is 19.4 Å². The Morgan fingerprint density at radius 3 is 2.94 bits per heavy atom. The van der Waals surface area contributed by atoms with Crippen LogP contribution < -0.4 is 5.73 Å². The summed E-state index contributed by atoms with van der Waals surface area (Å²) in [7, 11) is 1.70. The highest BCUT2D eigenvalue weighted by molar-refractivity contribution is 5.77. The average molecular weight is 240 g/mol. The monoisotopic (exact) mass is 240 g/mol. The first-order valence-electron chi connectivity index (χ1n) is 6.37. The van der Waals surface area contributed by atoms with E-state index in [1.54, 1.807) is 7.11 Å². The Kier molecular flexibility index (Phi) is 6.22. The van der Waals surface area contributed by atoms with E-state index in [0.717, 1.165) is 25.8 Å². The summed E-state index contributed by atoms with van der Waals surface area (Å²) in [6, 6.07) is 0.0110. The van der Waals surface area contributed by atoms with Gasteiger partial charge in [0.15, 0.2) is 0 Å². The third-order valence-corrected chi connectivity index (χ3v) is 3.08. The van der Waals surface area contributed by atoms with E-state index >= 15 is 0 Å². The maximum Gasteiger partial charge on any atom is 0.224 e. The number of nitrogens with zero attached hydrogens (tertiary/aromatic N) is 1. The third kappa shape index (κ3) is 4.88. The van der Waals surface area contributed by atoms with Crippen LogP contribution >= 0.6 is 0 Å². The highest BCUT2D eigenvalue weighted by atomic mass is 16.5. The Hall–Kier alpha value is -0.870. The lowest BCUT2D eigenvalue weighted by molar-refractivity contribution is -0.131. The SMILES string of the molecule is CCCC(N)CC(=O)N1CC=C(COC)CC1. The summed E-state index contributed by atoms with van der Waals surface area (Å²) in [5.41, 5.74) is 7.17. The Morgan fingerprint density at radius 2 is 2.41 bits per heavy atom. The van der Waals surface area contributed by atoms with Crippen LogP contribution in [0.4, 0.5) is 0 Å². The van der Waals surface area contributed by atoms with Gasteiger partial charge >= 0.3 is 0 Å². The normalized spacial score (nSPS) is 17.8. The number of rotatable bonds is 6. The topological polar surface area (TPSA) is 55.6 Å². The van der Waals surface area contributed by atoms with Gasteiger partial charge in [-0.3, -0.25) is 4.79 Å². The fourth-order valence-corrected chi connectivity index (χ4v) is 2.08. The van der Waals surface area contributed by atoms with Crippen LogP contribution in [0.2, 0.25) is 0 Å². The van der Waals surface area contributed by atoms with Crippen molar-refractivity contribution in [1.29, 1.82) is 0 Å². The van der Waals surface area contributed by atoms with Crippen LogP contribution in [0, 0.1) is 0 Å². The molecular weight excluding hydrogens is 216 g/mol. The first kappa shape index (κ1) is 14.2. The Labute approximate surface area is 104 Å². The van der Waals surface area contributed by atoms with Crippen LogP contribution in [-0.4, -0.2) is 43.7 Å². The van der Waals surface area contributed by atoms with Gasteiger partial charge in [-0.25, -0.2) is 0 Å². The van der Waals surface area contributed by atoms with E-state index in [0.29, 0.717) is 19.6 Å². The van der Waals surface area contributed by atoms with Gasteiger partial charge in [0.25, 0.3) is 0 Å². The number of carbonyl (C=O) groups is 1. The van der Waals surface area contributed by atoms with E-state index in [-0.39, 0.29) is 11.9 Å². The fourth-order valence-electron chi connectivity index (χ4n) is 2.08. The molecule has 1 aliphatic rings. The van der Waals surface area contributed by atoms with Gasteiger partial charge in [-0.05, 0) is 18.4 Å². The Morgan fingerprint density at radius 1 is 1.65 bits per heavy atom. The minimum Gasteiger partial charge on any atom is -0.380 e. The molecule has 4 nitrogen and oxygen atoms in total. The zero-order valence-electron chi connectivity index (χ0n) is 10.9. The predicted octanol–water partition coefficient (Wildman–Crippen LogP) is 1.31. The van der Waals surface area contributed by atoms with Gasteiger partial charge in [0.05, 0.1) is 6.61 Å². The number of hydrogen-bond donors (Lipinski definition) is 1. The van der Waals surface area contributed by atoms with Gasteiger partial charge in [-0.2, -0.15) is 0 Å². The predicted molar refractivity (Wildman–Crippen MR) is 68.7 cm³/mol. The molecule has 17 heavy (non-hydrogen) atoms. The number of ether oxygens (including phenoxy) is 1. The average Bonchev–Trinajstić information content (AvgIpc) is 2.30. The quantitative estimate of drug-likeness (QED) is 0.712. The lowest BCUT2D eigenvalue weighted by Crippen LogP contribution is -2.38. The molecule has 0 aromatic rings. The molecule has 0 saturated heterocycles. The lowest BCUT2D eigenvalue weighted by Gasteiger charge is -2.27. The van der Waals surface area contributed by atoms with E-state index < -0.39 is 0 Å². The van der Waals surface area contributed by atoms with Crippen molar-refractivity contribution in [2.75, 3.05) is 26.8 Å². The molecule has 0 aliphatic carbocycles. The molecule has 1 atom stereocenters. The van der Waals surface area contributed by atoms with Crippen molar-refractivity contribution in [3.05, 3.63) is 11.6 Å². The Bertz CT molecular complexity index is 277. The highest BCUT2D eigenvalue weighted by Gasteiger charge is 2.18. The molecule has 0 radical (unpaired) electrons. The van der Waals surface area contributed by atoms with Crippen molar-refractivity contribution < 1.29 is 9.53 Å². The summed E-state index contributed by atoms with van der Waals surface area (Å²) in [6.45, 7) is 4.27. The van der Waals surface area contributed by atoms with Crippen LogP contribution in [0.5, 0.6) is 0 Å². The summed E-state index contributed by atoms with van der Waals surface area (Å²) in [5, 5.41) is 0. The molecule has 0 fully saturated rings. The number of nitrogens with two attached hydrogens (primary N) is 1. The first-order valence-corrected chi connectivity index (χ1v) is 6.37. The summed E-state index contributed by atoms with van der Waals surface area (Å²) in [5.74, 6) is 0.179. The molecule has 2 N–H and O–H groups in total. The van der Waals surface area contributed by atoms with E-state index in [2.05, 4.69) is 13.0 Å². The van der Waals surface area contributed by atoms with Gasteiger partial charge in [0, 0.05) is 32.7 Å². The van der Waals surface area contributed by atoms with Crippen LogP contribution in [0.15, 0.2) is 11.6 Å². The fraction of sp³-hybridized carbons (Fsp3) is 0.769. The minimum atomic E-state index is 0.0110. The van der Waals surface area contributed by atoms with Crippen LogP contribution in [0.3, 0.4) is 0 Å². The van der Waals surface area contributed by atoms with Crippen LogP contribution in [0.25, 0.3) is 0 Å². The van der Waals surface area contributed by atoms with E-state index in [9.17, 15) is 4.79 Å². The number of methoxy groups -OCH3 is 1. The first-order chi connectivity index (χ1) is 8.17. The molecule has 0 aromatic heterocycles. The zero-order chi connectivity index (χ0) is 12.7. The second-order valence-corrected chi connectivity index (χ2v) is 4.64. The highest BCUT2D eigenvalue weighted by Crippen LogP contribution is 2.12. The number of amides is 1. The molecule has 1 unspecified atom stereocenters. The molecule has 98 valence electrons. The smallest absolute Gasteiger partial charge is 0.224 e. The minimum absolute atomic E-state index is 0.0110. The van der Waals surface area contributed by atoms with Crippen molar-refractivity contribution in [1.82, 2.24) is 4.90 Å². The van der Waals surface area contributed by atoms with Crippen molar-refractivity contribution >= 4 is 5.91 Å². The van der Waals surface area contributed by atoms with Crippen molar-refractivity contribution in [3.8, 4) is 0 Å². The van der Waals surface area contributed by atoms with Gasteiger partial charge in [-0.15, -0.1) is 0 Å². The maximum absolute atomic E-state index is 11.9. The summed E-state index contributed by atoms with van der Waals surface area (Å²) in [4.78, 5) is 13.8. The van der Waals surface area contributed by atoms with Crippen LogP contribution in [-0.2, 0) is 9.53 Å². The Balaban J connectivity index is 2.35. The zero-order valence-corrected chi connectivity index (χ0v) is 10.9. The molecule has 1 heterocycles. The molecule has 0 bridgehead atoms. The molecule has 1 amide bonds. The standard InChI is InChI=1S/C13H24N2O2/c1-3-4-12(14)9-13(16)15-7-5-11(6-8-15)10-17-2/h5,12H,3-4,6-10,14H2,1-2H3. The van der Waals surface area contributed by atoms with Crippen molar-refractivity contribution in [2.45, 2.75) is 38.6 Å². The second-order valence-electron chi connectivity index (χ2n) is 4.64. The van der Waals surface area contributed by atoms with Crippen molar-refractivity contribution in [2.24, 2.45) is 5.73 Å². The number of carbonyl (C=O) groups excluding carboxylic acids is 1. The van der Waals surface area contributed by atoms with Crippen LogP contribution in [0.1, 0.15) is 32.6 Å².